The van der Waals surface area contributed by atoms with Crippen LogP contribution in [0.4, 0.5) is 0 Å². The van der Waals surface area contributed by atoms with E-state index in [9.17, 15) is 0 Å². The maximum Gasteiger partial charge on any atom is 0.119 e. The molecule has 0 aliphatic rings. The third-order valence-corrected chi connectivity index (χ3v) is 3.20. The third-order valence-electron chi connectivity index (χ3n) is 3.20. The van der Waals surface area contributed by atoms with E-state index in [-0.39, 0.29) is 0 Å². The van der Waals surface area contributed by atoms with E-state index in [0.717, 1.165) is 18.8 Å². The number of hydrogen-bond donors (Lipinski definition) is 0. The van der Waals surface area contributed by atoms with Gasteiger partial charge in [-0.05, 0) is 50.3 Å². The standard InChI is InChI=1S/C18H22O/c1-16-9-8-11-17(15-16)10-4-3-7-14-19-18-12-5-2-6-13-18/h2,5-6,8-9,11-13,15H,3-4,7,10,14H2,1H3. The third kappa shape index (κ3) is 5.17. The van der Waals surface area contributed by atoms with Crippen LogP contribution in [0.15, 0.2) is 54.6 Å². The summed E-state index contributed by atoms with van der Waals surface area (Å²) in [6.45, 7) is 2.97. The zero-order valence-corrected chi connectivity index (χ0v) is 11.6. The molecular formula is C18H22O. The molecule has 2 aromatic rings. The largest absolute Gasteiger partial charge is 0.494 e. The van der Waals surface area contributed by atoms with Gasteiger partial charge in [0.05, 0.1) is 6.61 Å². The molecule has 0 bridgehead atoms. The van der Waals surface area contributed by atoms with Gasteiger partial charge in [0.25, 0.3) is 0 Å². The molecule has 0 aliphatic heterocycles. The topological polar surface area (TPSA) is 9.23 Å². The Morgan fingerprint density at radius 3 is 2.47 bits per heavy atom. The Bertz CT molecular complexity index is 476. The van der Waals surface area contributed by atoms with Gasteiger partial charge in [0.15, 0.2) is 0 Å². The van der Waals surface area contributed by atoms with E-state index in [1.807, 2.05) is 30.3 Å². The molecule has 1 heteroatoms. The minimum absolute atomic E-state index is 0.817. The Hall–Kier alpha value is -1.76. The summed E-state index contributed by atoms with van der Waals surface area (Å²) in [6, 6.07) is 18.8. The molecule has 0 spiro atoms. The van der Waals surface area contributed by atoms with E-state index in [4.69, 9.17) is 4.74 Å². The molecule has 0 heterocycles. The first-order valence-electron chi connectivity index (χ1n) is 7.08. The lowest BCUT2D eigenvalue weighted by atomic mass is 10.1. The molecule has 0 aromatic heterocycles. The monoisotopic (exact) mass is 254 g/mol. The van der Waals surface area contributed by atoms with Crippen LogP contribution in [-0.2, 0) is 6.42 Å². The van der Waals surface area contributed by atoms with Gasteiger partial charge in [-0.1, -0.05) is 48.0 Å². The van der Waals surface area contributed by atoms with Crippen LogP contribution in [0.1, 0.15) is 30.4 Å². The van der Waals surface area contributed by atoms with E-state index < -0.39 is 0 Å². The predicted molar refractivity (Wildman–Crippen MR) is 80.7 cm³/mol. The van der Waals surface area contributed by atoms with Crippen LogP contribution in [0.3, 0.4) is 0 Å². The van der Waals surface area contributed by atoms with E-state index in [2.05, 4.69) is 31.2 Å². The lowest BCUT2D eigenvalue weighted by Gasteiger charge is -2.06. The molecule has 1 nitrogen and oxygen atoms in total. The first kappa shape index (κ1) is 13.7. The Labute approximate surface area is 116 Å². The molecule has 19 heavy (non-hydrogen) atoms. The van der Waals surface area contributed by atoms with Crippen LogP contribution in [0.25, 0.3) is 0 Å². The number of benzene rings is 2. The van der Waals surface area contributed by atoms with Crippen molar-refractivity contribution in [2.24, 2.45) is 0 Å². The molecule has 0 N–H and O–H groups in total. The summed E-state index contributed by atoms with van der Waals surface area (Å²) in [7, 11) is 0. The maximum absolute atomic E-state index is 5.68. The second kappa shape index (κ2) is 7.63. The first-order chi connectivity index (χ1) is 9.34. The van der Waals surface area contributed by atoms with Gasteiger partial charge in [-0.2, -0.15) is 0 Å². The second-order valence-corrected chi connectivity index (χ2v) is 4.96. The van der Waals surface area contributed by atoms with E-state index in [1.54, 1.807) is 0 Å². The van der Waals surface area contributed by atoms with Crippen molar-refractivity contribution in [2.45, 2.75) is 32.6 Å². The highest BCUT2D eigenvalue weighted by Gasteiger charge is 1.95. The smallest absolute Gasteiger partial charge is 0.119 e. The van der Waals surface area contributed by atoms with Crippen molar-refractivity contribution >= 4 is 0 Å². The van der Waals surface area contributed by atoms with E-state index in [1.165, 1.54) is 30.4 Å². The summed E-state index contributed by atoms with van der Waals surface area (Å²) >= 11 is 0. The van der Waals surface area contributed by atoms with E-state index in [0.29, 0.717) is 0 Å². The van der Waals surface area contributed by atoms with Crippen LogP contribution in [0.2, 0.25) is 0 Å². The van der Waals surface area contributed by atoms with Gasteiger partial charge in [0.2, 0.25) is 0 Å². The molecule has 100 valence electrons. The lowest BCUT2D eigenvalue weighted by Crippen LogP contribution is -1.97. The predicted octanol–water partition coefficient (Wildman–Crippen LogP) is 4.79. The summed E-state index contributed by atoms with van der Waals surface area (Å²) < 4.78 is 5.68. The fourth-order valence-corrected chi connectivity index (χ4v) is 2.18. The average Bonchev–Trinajstić information content (AvgIpc) is 2.44. The van der Waals surface area contributed by atoms with Crippen molar-refractivity contribution in [3.8, 4) is 5.75 Å². The molecule has 0 radical (unpaired) electrons. The molecule has 2 rings (SSSR count). The number of ether oxygens (including phenoxy) is 1. The normalized spacial score (nSPS) is 10.4. The number of rotatable bonds is 7. The number of hydrogen-bond acceptors (Lipinski definition) is 1. The van der Waals surface area contributed by atoms with Crippen molar-refractivity contribution in [1.29, 1.82) is 0 Å². The fourth-order valence-electron chi connectivity index (χ4n) is 2.18. The molecule has 0 saturated carbocycles. The maximum atomic E-state index is 5.68. The second-order valence-electron chi connectivity index (χ2n) is 4.96. The summed E-state index contributed by atoms with van der Waals surface area (Å²) in [6.07, 6.45) is 4.76. The van der Waals surface area contributed by atoms with Crippen LogP contribution in [-0.4, -0.2) is 6.61 Å². The molecule has 0 atom stereocenters. The highest BCUT2D eigenvalue weighted by Crippen LogP contribution is 2.11. The Morgan fingerprint density at radius 2 is 1.68 bits per heavy atom. The number of aryl methyl sites for hydroxylation is 2. The Balaban J connectivity index is 1.58. The summed E-state index contributed by atoms with van der Waals surface area (Å²) in [5.41, 5.74) is 2.80. The van der Waals surface area contributed by atoms with Crippen LogP contribution < -0.4 is 4.74 Å². The van der Waals surface area contributed by atoms with Gasteiger partial charge in [0.1, 0.15) is 5.75 Å². The van der Waals surface area contributed by atoms with Gasteiger partial charge in [-0.25, -0.2) is 0 Å². The van der Waals surface area contributed by atoms with Crippen molar-refractivity contribution in [1.82, 2.24) is 0 Å². The summed E-state index contributed by atoms with van der Waals surface area (Å²) in [5, 5.41) is 0. The minimum atomic E-state index is 0.817. The molecule has 0 unspecified atom stereocenters. The molecule has 0 amide bonds. The molecular weight excluding hydrogens is 232 g/mol. The Kier molecular flexibility index (Phi) is 5.49. The number of para-hydroxylation sites is 1. The summed E-state index contributed by atoms with van der Waals surface area (Å²) in [4.78, 5) is 0. The molecule has 0 fully saturated rings. The molecule has 0 saturated heterocycles. The van der Waals surface area contributed by atoms with Crippen molar-refractivity contribution in [3.05, 3.63) is 65.7 Å². The zero-order chi connectivity index (χ0) is 13.3. The van der Waals surface area contributed by atoms with Crippen LogP contribution >= 0.6 is 0 Å². The summed E-state index contributed by atoms with van der Waals surface area (Å²) in [5.74, 6) is 0.973. The SMILES string of the molecule is Cc1cccc(CCCCCOc2ccccc2)c1. The van der Waals surface area contributed by atoms with Crippen LogP contribution in [0.5, 0.6) is 5.75 Å². The highest BCUT2D eigenvalue weighted by molar-refractivity contribution is 5.22. The quantitative estimate of drug-likeness (QED) is 0.646. The van der Waals surface area contributed by atoms with Gasteiger partial charge in [-0.15, -0.1) is 0 Å². The zero-order valence-electron chi connectivity index (χ0n) is 11.6. The van der Waals surface area contributed by atoms with Crippen LogP contribution in [0, 0.1) is 6.92 Å². The molecule has 0 aliphatic carbocycles. The first-order valence-corrected chi connectivity index (χ1v) is 7.08. The van der Waals surface area contributed by atoms with Gasteiger partial charge in [0, 0.05) is 0 Å². The average molecular weight is 254 g/mol. The minimum Gasteiger partial charge on any atom is -0.494 e. The van der Waals surface area contributed by atoms with Gasteiger partial charge >= 0.3 is 0 Å². The fraction of sp³-hybridized carbons (Fsp3) is 0.333. The Morgan fingerprint density at radius 1 is 0.842 bits per heavy atom. The van der Waals surface area contributed by atoms with Crippen molar-refractivity contribution in [2.75, 3.05) is 6.61 Å². The lowest BCUT2D eigenvalue weighted by molar-refractivity contribution is 0.305. The number of unbranched alkanes of at least 4 members (excludes halogenated alkanes) is 2. The van der Waals surface area contributed by atoms with Gasteiger partial charge in [-0.3, -0.25) is 0 Å². The van der Waals surface area contributed by atoms with Gasteiger partial charge < -0.3 is 4.74 Å². The van der Waals surface area contributed by atoms with Crippen molar-refractivity contribution in [3.63, 3.8) is 0 Å². The highest BCUT2D eigenvalue weighted by atomic mass is 16.5. The molecule has 2 aromatic carbocycles. The van der Waals surface area contributed by atoms with E-state index >= 15 is 0 Å². The van der Waals surface area contributed by atoms with Crippen molar-refractivity contribution < 1.29 is 4.74 Å².